The number of carbonyl (C=O) groups is 2. The number of hydrogen-bond acceptors (Lipinski definition) is 2. The molecule has 1 heterocycles. The van der Waals surface area contributed by atoms with Crippen LogP contribution < -0.4 is 10.6 Å². The van der Waals surface area contributed by atoms with Crippen molar-refractivity contribution in [3.05, 3.63) is 34.6 Å². The molecule has 0 aromatic heterocycles. The Morgan fingerprint density at radius 3 is 2.60 bits per heavy atom. The van der Waals surface area contributed by atoms with Crippen molar-refractivity contribution in [3.63, 3.8) is 0 Å². The maximum Gasteiger partial charge on any atom is 0.318 e. The molecule has 9 heteroatoms. The predicted molar refractivity (Wildman–Crippen MR) is 106 cm³/mol. The molecule has 0 radical (unpaired) electrons. The van der Waals surface area contributed by atoms with Gasteiger partial charge in [-0.15, -0.1) is 0 Å². The maximum absolute atomic E-state index is 14.4. The first-order chi connectivity index (χ1) is 14.2. The summed E-state index contributed by atoms with van der Waals surface area (Å²) in [6, 6.07) is 2.54. The third-order valence-corrected chi connectivity index (χ3v) is 7.23. The van der Waals surface area contributed by atoms with Gasteiger partial charge in [-0.3, -0.25) is 4.79 Å². The van der Waals surface area contributed by atoms with Crippen molar-refractivity contribution >= 4 is 23.5 Å². The average Bonchev–Trinajstić information content (AvgIpc) is 2.87. The summed E-state index contributed by atoms with van der Waals surface area (Å²) in [7, 11) is 0. The maximum atomic E-state index is 14.4. The largest absolute Gasteiger partial charge is 0.353 e. The first-order valence-electron chi connectivity index (χ1n) is 10.4. The molecule has 3 aliphatic rings. The van der Waals surface area contributed by atoms with Crippen molar-refractivity contribution in [2.45, 2.75) is 50.6 Å². The lowest BCUT2D eigenvalue weighted by molar-refractivity contribution is -0.127. The molecule has 3 amide bonds. The number of amides is 3. The molecule has 3 fully saturated rings. The molecule has 1 aromatic carbocycles. The molecular formula is C21H25ClF3N3O2. The molecule has 4 rings (SSSR count). The summed E-state index contributed by atoms with van der Waals surface area (Å²) in [4.78, 5) is 26.4. The van der Waals surface area contributed by atoms with Crippen LogP contribution in [0, 0.1) is 23.6 Å². The van der Waals surface area contributed by atoms with Crippen LogP contribution in [0.15, 0.2) is 18.2 Å². The van der Waals surface area contributed by atoms with E-state index in [1.165, 1.54) is 23.1 Å². The number of carbonyl (C=O) groups excluding carboxylic acids is 2. The van der Waals surface area contributed by atoms with E-state index in [-0.39, 0.29) is 29.7 Å². The summed E-state index contributed by atoms with van der Waals surface area (Å²) in [5.41, 5.74) is 0.582. The lowest BCUT2D eigenvalue weighted by atomic mass is 9.73. The van der Waals surface area contributed by atoms with Gasteiger partial charge in [-0.1, -0.05) is 17.7 Å². The van der Waals surface area contributed by atoms with Gasteiger partial charge in [-0.2, -0.15) is 0 Å². The lowest BCUT2D eigenvalue weighted by Crippen LogP contribution is -2.59. The molecule has 2 unspecified atom stereocenters. The Morgan fingerprint density at radius 1 is 1.30 bits per heavy atom. The van der Waals surface area contributed by atoms with Crippen molar-refractivity contribution in [1.82, 2.24) is 15.5 Å². The highest BCUT2D eigenvalue weighted by atomic mass is 35.5. The van der Waals surface area contributed by atoms with Crippen LogP contribution in [0.4, 0.5) is 18.0 Å². The zero-order valence-electron chi connectivity index (χ0n) is 16.6. The molecular weight excluding hydrogens is 419 g/mol. The molecule has 1 aromatic rings. The van der Waals surface area contributed by atoms with Crippen molar-refractivity contribution < 1.29 is 22.8 Å². The smallest absolute Gasteiger partial charge is 0.318 e. The summed E-state index contributed by atoms with van der Waals surface area (Å²) < 4.78 is 42.6. The van der Waals surface area contributed by atoms with Crippen LogP contribution in [0.25, 0.3) is 0 Å². The van der Waals surface area contributed by atoms with Crippen molar-refractivity contribution in [2.75, 3.05) is 13.1 Å². The van der Waals surface area contributed by atoms with Gasteiger partial charge >= 0.3 is 6.03 Å². The van der Waals surface area contributed by atoms with E-state index >= 15 is 0 Å². The number of benzene rings is 1. The van der Waals surface area contributed by atoms with Gasteiger partial charge in [0, 0.05) is 24.9 Å². The summed E-state index contributed by atoms with van der Waals surface area (Å²) >= 11 is 5.97. The predicted octanol–water partition coefficient (Wildman–Crippen LogP) is 4.12. The highest BCUT2D eigenvalue weighted by Gasteiger charge is 2.57. The van der Waals surface area contributed by atoms with Crippen LogP contribution in [0.1, 0.15) is 44.2 Å². The molecule has 0 spiro atoms. The van der Waals surface area contributed by atoms with Crippen molar-refractivity contribution in [2.24, 2.45) is 17.8 Å². The van der Waals surface area contributed by atoms with Gasteiger partial charge in [0.25, 0.3) is 5.92 Å². The average molecular weight is 444 g/mol. The van der Waals surface area contributed by atoms with Crippen LogP contribution >= 0.6 is 11.6 Å². The van der Waals surface area contributed by atoms with Gasteiger partial charge < -0.3 is 15.5 Å². The minimum atomic E-state index is -2.68. The standard InChI is InChI=1S/C21H25ClF3N3O2/c1-11-19(29)26-6-7-28(11)20(30)27-18(12-2-5-17(23)16(22)10-12)13-8-14-3-4-15(9-13)21(14,24)25/h2,5,10-11,13-15,18H,3-4,6-9H2,1H3,(H,26,29)(H,27,30)/t11-,13?,14?,15?,18-/m1/s1. The molecule has 2 aliphatic carbocycles. The van der Waals surface area contributed by atoms with Crippen LogP contribution in [0.3, 0.4) is 0 Å². The van der Waals surface area contributed by atoms with E-state index in [0.29, 0.717) is 31.5 Å². The molecule has 164 valence electrons. The SMILES string of the molecule is C[C@@H]1C(=O)NCCN1C(=O)N[C@H](c1ccc(F)c(Cl)c1)C1CC2CCC(C1)C2(F)F. The number of nitrogens with one attached hydrogen (secondary N) is 2. The molecule has 2 N–H and O–H groups in total. The Balaban J connectivity index is 1.60. The number of piperazine rings is 1. The second kappa shape index (κ2) is 7.94. The number of halogens is 4. The van der Waals surface area contributed by atoms with E-state index in [0.717, 1.165) is 0 Å². The quantitative estimate of drug-likeness (QED) is 0.738. The van der Waals surface area contributed by atoms with Crippen molar-refractivity contribution in [1.29, 1.82) is 0 Å². The molecule has 1 saturated heterocycles. The monoisotopic (exact) mass is 443 g/mol. The highest BCUT2D eigenvalue weighted by Crippen LogP contribution is 2.56. The van der Waals surface area contributed by atoms with E-state index in [1.54, 1.807) is 6.92 Å². The van der Waals surface area contributed by atoms with E-state index in [9.17, 15) is 22.8 Å². The summed E-state index contributed by atoms with van der Waals surface area (Å²) in [6.45, 7) is 2.34. The summed E-state index contributed by atoms with van der Waals surface area (Å²) in [5, 5.41) is 5.57. The van der Waals surface area contributed by atoms with Gasteiger partial charge in [0.15, 0.2) is 0 Å². The van der Waals surface area contributed by atoms with Gasteiger partial charge in [-0.25, -0.2) is 18.0 Å². The first kappa shape index (κ1) is 21.3. The lowest BCUT2D eigenvalue weighted by Gasteiger charge is -2.40. The highest BCUT2D eigenvalue weighted by molar-refractivity contribution is 6.30. The fourth-order valence-electron chi connectivity index (χ4n) is 5.22. The van der Waals surface area contributed by atoms with E-state index < -0.39 is 41.7 Å². The fourth-order valence-corrected chi connectivity index (χ4v) is 5.41. The number of hydrogen-bond donors (Lipinski definition) is 2. The molecule has 30 heavy (non-hydrogen) atoms. The third-order valence-electron chi connectivity index (χ3n) is 6.94. The first-order valence-corrected chi connectivity index (χ1v) is 10.7. The Morgan fingerprint density at radius 2 is 1.97 bits per heavy atom. The molecule has 1 aliphatic heterocycles. The Kier molecular flexibility index (Phi) is 5.64. The van der Waals surface area contributed by atoms with Crippen LogP contribution in [0.2, 0.25) is 5.02 Å². The summed E-state index contributed by atoms with van der Waals surface area (Å²) in [5.74, 6) is -5.14. The van der Waals surface area contributed by atoms with Gasteiger partial charge in [0.05, 0.1) is 11.1 Å². The van der Waals surface area contributed by atoms with Gasteiger partial charge in [0.1, 0.15) is 11.9 Å². The molecule has 5 nitrogen and oxygen atoms in total. The second-order valence-corrected chi connectivity index (χ2v) is 9.05. The van der Waals surface area contributed by atoms with Crippen LogP contribution in [0.5, 0.6) is 0 Å². The Hall–Kier alpha value is -1.96. The Labute approximate surface area is 178 Å². The van der Waals surface area contributed by atoms with Crippen molar-refractivity contribution in [3.8, 4) is 0 Å². The van der Waals surface area contributed by atoms with Gasteiger partial charge in [-0.05, 0) is 56.2 Å². The molecule has 4 atom stereocenters. The number of urea groups is 1. The zero-order chi connectivity index (χ0) is 21.6. The van der Waals surface area contributed by atoms with Gasteiger partial charge in [0.2, 0.25) is 5.91 Å². The van der Waals surface area contributed by atoms with E-state index in [4.69, 9.17) is 11.6 Å². The molecule has 2 saturated carbocycles. The number of rotatable bonds is 3. The number of alkyl halides is 2. The second-order valence-electron chi connectivity index (χ2n) is 8.64. The van der Waals surface area contributed by atoms with Crippen LogP contribution in [-0.2, 0) is 4.79 Å². The van der Waals surface area contributed by atoms with Crippen LogP contribution in [-0.4, -0.2) is 41.9 Å². The fraction of sp³-hybridized carbons (Fsp3) is 0.619. The zero-order valence-corrected chi connectivity index (χ0v) is 17.4. The van der Waals surface area contributed by atoms with E-state index in [1.807, 2.05) is 0 Å². The number of nitrogens with zero attached hydrogens (tertiary/aromatic N) is 1. The van der Waals surface area contributed by atoms with E-state index in [2.05, 4.69) is 10.6 Å². The number of fused-ring (bicyclic) bond motifs is 2. The third kappa shape index (κ3) is 3.74. The topological polar surface area (TPSA) is 61.4 Å². The minimum Gasteiger partial charge on any atom is -0.353 e. The Bertz CT molecular complexity index is 837. The molecule has 2 bridgehead atoms. The normalized spacial score (nSPS) is 31.2. The minimum absolute atomic E-state index is 0.0819. The summed E-state index contributed by atoms with van der Waals surface area (Å²) in [6.07, 6.45) is 1.50.